The molecule has 1 aliphatic heterocycles. The van der Waals surface area contributed by atoms with Crippen molar-refractivity contribution in [1.82, 2.24) is 15.1 Å². The molecule has 1 fully saturated rings. The molecule has 0 aliphatic carbocycles. The van der Waals surface area contributed by atoms with Crippen molar-refractivity contribution in [3.63, 3.8) is 0 Å². The molecule has 2 atom stereocenters. The molecule has 2 unspecified atom stereocenters. The summed E-state index contributed by atoms with van der Waals surface area (Å²) < 4.78 is 7.62. The Kier molecular flexibility index (Phi) is 3.96. The summed E-state index contributed by atoms with van der Waals surface area (Å²) in [4.78, 5) is 0. The molecule has 2 rings (SSSR count). The molecule has 0 aromatic carbocycles. The molecule has 2 heterocycles. The van der Waals surface area contributed by atoms with Gasteiger partial charge in [-0.15, -0.1) is 0 Å². The fraction of sp³-hybridized carbons (Fsp3) is 0.750. The zero-order chi connectivity index (χ0) is 11.4. The van der Waals surface area contributed by atoms with E-state index in [1.807, 2.05) is 25.0 Å². The highest BCUT2D eigenvalue weighted by molar-refractivity contribution is 5.10. The van der Waals surface area contributed by atoms with Crippen LogP contribution in [0.1, 0.15) is 37.3 Å². The minimum absolute atomic E-state index is 0.358. The van der Waals surface area contributed by atoms with Crippen molar-refractivity contribution in [2.45, 2.75) is 37.8 Å². The Morgan fingerprint density at radius 2 is 2.50 bits per heavy atom. The number of hydrogen-bond acceptors (Lipinski definition) is 3. The Labute approximate surface area is 97.0 Å². The van der Waals surface area contributed by atoms with Crippen LogP contribution in [0.25, 0.3) is 0 Å². The van der Waals surface area contributed by atoms with E-state index < -0.39 is 0 Å². The standard InChI is InChI=1S/C12H21N3O/c1-13-12(10-8-14-15(2)9-10)7-11-5-3-4-6-16-11/h8-9,11-13H,3-7H2,1-2H3. The quantitative estimate of drug-likeness (QED) is 0.843. The Morgan fingerprint density at radius 3 is 3.06 bits per heavy atom. The summed E-state index contributed by atoms with van der Waals surface area (Å²) in [7, 11) is 3.95. The lowest BCUT2D eigenvalue weighted by molar-refractivity contribution is 0.00548. The Morgan fingerprint density at radius 1 is 1.62 bits per heavy atom. The van der Waals surface area contributed by atoms with Crippen LogP contribution >= 0.6 is 0 Å². The third-order valence-electron chi connectivity index (χ3n) is 3.25. The van der Waals surface area contributed by atoms with Crippen molar-refractivity contribution >= 4 is 0 Å². The molecule has 0 saturated carbocycles. The minimum atomic E-state index is 0.358. The van der Waals surface area contributed by atoms with Crippen molar-refractivity contribution < 1.29 is 4.74 Å². The van der Waals surface area contributed by atoms with Gasteiger partial charge in [-0.2, -0.15) is 5.10 Å². The highest BCUT2D eigenvalue weighted by Gasteiger charge is 2.20. The van der Waals surface area contributed by atoms with E-state index in [0.29, 0.717) is 12.1 Å². The monoisotopic (exact) mass is 223 g/mol. The molecule has 0 spiro atoms. The van der Waals surface area contributed by atoms with Crippen LogP contribution in [0.4, 0.5) is 0 Å². The highest BCUT2D eigenvalue weighted by atomic mass is 16.5. The van der Waals surface area contributed by atoms with Crippen molar-refractivity contribution in [3.8, 4) is 0 Å². The summed E-state index contributed by atoms with van der Waals surface area (Å²) in [6.45, 7) is 0.925. The van der Waals surface area contributed by atoms with Crippen LogP contribution in [-0.4, -0.2) is 29.5 Å². The van der Waals surface area contributed by atoms with Crippen LogP contribution in [0.15, 0.2) is 12.4 Å². The van der Waals surface area contributed by atoms with Crippen molar-refractivity contribution in [2.24, 2.45) is 7.05 Å². The number of nitrogens with one attached hydrogen (secondary N) is 1. The second-order valence-electron chi connectivity index (χ2n) is 4.51. The topological polar surface area (TPSA) is 39.1 Å². The highest BCUT2D eigenvalue weighted by Crippen LogP contribution is 2.24. The molecule has 90 valence electrons. The van der Waals surface area contributed by atoms with Gasteiger partial charge in [0.1, 0.15) is 0 Å². The van der Waals surface area contributed by atoms with Gasteiger partial charge in [0.15, 0.2) is 0 Å². The van der Waals surface area contributed by atoms with Crippen LogP contribution in [0.5, 0.6) is 0 Å². The van der Waals surface area contributed by atoms with E-state index in [4.69, 9.17) is 4.74 Å². The number of ether oxygens (including phenoxy) is 1. The van der Waals surface area contributed by atoms with Crippen LogP contribution < -0.4 is 5.32 Å². The second kappa shape index (κ2) is 5.46. The van der Waals surface area contributed by atoms with Gasteiger partial charge < -0.3 is 10.1 Å². The van der Waals surface area contributed by atoms with Crippen molar-refractivity contribution in [3.05, 3.63) is 18.0 Å². The lowest BCUT2D eigenvalue weighted by atomic mass is 9.99. The maximum Gasteiger partial charge on any atom is 0.0593 e. The van der Waals surface area contributed by atoms with E-state index in [1.165, 1.54) is 24.8 Å². The molecule has 1 saturated heterocycles. The Bertz CT molecular complexity index is 318. The first-order valence-corrected chi connectivity index (χ1v) is 6.07. The van der Waals surface area contributed by atoms with Crippen LogP contribution in [-0.2, 0) is 11.8 Å². The zero-order valence-corrected chi connectivity index (χ0v) is 10.1. The van der Waals surface area contributed by atoms with Gasteiger partial charge in [-0.05, 0) is 32.7 Å². The third kappa shape index (κ3) is 2.83. The first-order chi connectivity index (χ1) is 7.79. The smallest absolute Gasteiger partial charge is 0.0593 e. The predicted octanol–water partition coefficient (Wildman–Crippen LogP) is 1.64. The second-order valence-corrected chi connectivity index (χ2v) is 4.51. The molecule has 0 amide bonds. The molecular weight excluding hydrogens is 202 g/mol. The van der Waals surface area contributed by atoms with Crippen molar-refractivity contribution in [2.75, 3.05) is 13.7 Å². The van der Waals surface area contributed by atoms with Gasteiger partial charge in [0, 0.05) is 31.5 Å². The largest absolute Gasteiger partial charge is 0.378 e. The molecular formula is C12H21N3O. The van der Waals surface area contributed by atoms with Crippen LogP contribution in [0.2, 0.25) is 0 Å². The van der Waals surface area contributed by atoms with Crippen LogP contribution in [0.3, 0.4) is 0 Å². The summed E-state index contributed by atoms with van der Waals surface area (Å²) in [6, 6.07) is 0.358. The van der Waals surface area contributed by atoms with Gasteiger partial charge in [-0.1, -0.05) is 0 Å². The van der Waals surface area contributed by atoms with Gasteiger partial charge in [-0.25, -0.2) is 0 Å². The summed E-state index contributed by atoms with van der Waals surface area (Å²) >= 11 is 0. The van der Waals surface area contributed by atoms with Gasteiger partial charge in [0.2, 0.25) is 0 Å². The van der Waals surface area contributed by atoms with E-state index in [1.54, 1.807) is 0 Å². The van der Waals surface area contributed by atoms with Gasteiger partial charge in [0.25, 0.3) is 0 Å². The van der Waals surface area contributed by atoms with Crippen molar-refractivity contribution in [1.29, 1.82) is 0 Å². The van der Waals surface area contributed by atoms with E-state index >= 15 is 0 Å². The molecule has 4 heteroatoms. The van der Waals surface area contributed by atoms with E-state index in [2.05, 4.69) is 16.6 Å². The molecule has 1 aromatic rings. The first-order valence-electron chi connectivity index (χ1n) is 6.07. The van der Waals surface area contributed by atoms with Gasteiger partial charge >= 0.3 is 0 Å². The molecule has 16 heavy (non-hydrogen) atoms. The lowest BCUT2D eigenvalue weighted by Gasteiger charge is -2.26. The van der Waals surface area contributed by atoms with E-state index in [-0.39, 0.29) is 0 Å². The summed E-state index contributed by atoms with van der Waals surface area (Å²) in [5.41, 5.74) is 1.25. The normalized spacial score (nSPS) is 23.2. The maximum atomic E-state index is 5.77. The molecule has 1 aromatic heterocycles. The Balaban J connectivity index is 1.94. The number of aryl methyl sites for hydroxylation is 1. The fourth-order valence-electron chi connectivity index (χ4n) is 2.30. The summed E-state index contributed by atoms with van der Waals surface area (Å²) in [5, 5.41) is 7.56. The molecule has 4 nitrogen and oxygen atoms in total. The SMILES string of the molecule is CNC(CC1CCCCO1)c1cnn(C)c1. The fourth-order valence-corrected chi connectivity index (χ4v) is 2.30. The average Bonchev–Trinajstić information content (AvgIpc) is 2.74. The molecule has 0 bridgehead atoms. The predicted molar refractivity (Wildman–Crippen MR) is 63.2 cm³/mol. The maximum absolute atomic E-state index is 5.77. The van der Waals surface area contributed by atoms with E-state index in [0.717, 1.165) is 13.0 Å². The number of aromatic nitrogens is 2. The average molecular weight is 223 g/mol. The number of rotatable bonds is 4. The van der Waals surface area contributed by atoms with Gasteiger partial charge in [0.05, 0.1) is 12.3 Å². The van der Waals surface area contributed by atoms with Gasteiger partial charge in [-0.3, -0.25) is 4.68 Å². The first kappa shape index (κ1) is 11.6. The third-order valence-corrected chi connectivity index (χ3v) is 3.25. The molecule has 1 aliphatic rings. The number of hydrogen-bond donors (Lipinski definition) is 1. The van der Waals surface area contributed by atoms with Crippen LogP contribution in [0, 0.1) is 0 Å². The molecule has 1 N–H and O–H groups in total. The summed E-state index contributed by atoms with van der Waals surface area (Å²) in [6.07, 6.45) is 9.17. The summed E-state index contributed by atoms with van der Waals surface area (Å²) in [5.74, 6) is 0. The number of nitrogens with zero attached hydrogens (tertiary/aromatic N) is 2. The lowest BCUT2D eigenvalue weighted by Crippen LogP contribution is -2.26. The Hall–Kier alpha value is -0.870. The zero-order valence-electron chi connectivity index (χ0n) is 10.1. The molecule has 0 radical (unpaired) electrons. The van der Waals surface area contributed by atoms with E-state index in [9.17, 15) is 0 Å². The minimum Gasteiger partial charge on any atom is -0.378 e.